The van der Waals surface area contributed by atoms with Crippen molar-refractivity contribution in [3.63, 3.8) is 0 Å². The van der Waals surface area contributed by atoms with Gasteiger partial charge in [-0.15, -0.1) is 0 Å². The second kappa shape index (κ2) is 8.23. The summed E-state index contributed by atoms with van der Waals surface area (Å²) in [7, 11) is -3.94. The lowest BCUT2D eigenvalue weighted by Gasteiger charge is -2.19. The van der Waals surface area contributed by atoms with E-state index < -0.39 is 27.8 Å². The minimum absolute atomic E-state index is 0.0610. The minimum atomic E-state index is -3.94. The number of nitrogens with zero attached hydrogens (tertiary/aromatic N) is 2. The van der Waals surface area contributed by atoms with E-state index in [1.807, 2.05) is 0 Å². The van der Waals surface area contributed by atoms with E-state index in [2.05, 4.69) is 10.4 Å². The van der Waals surface area contributed by atoms with Crippen LogP contribution in [0.2, 0.25) is 0 Å². The highest BCUT2D eigenvalue weighted by atomic mass is 32.2. The first-order valence-corrected chi connectivity index (χ1v) is 10.9. The Morgan fingerprint density at radius 2 is 1.84 bits per heavy atom. The number of amides is 1. The summed E-state index contributed by atoms with van der Waals surface area (Å²) in [6.07, 6.45) is 0. The van der Waals surface area contributed by atoms with Gasteiger partial charge in [0.15, 0.2) is 16.5 Å². The fourth-order valence-electron chi connectivity index (χ4n) is 3.05. The fraction of sp³-hybridized carbons (Fsp3) is 0.190. The molecule has 0 saturated carbocycles. The number of aromatic nitrogens is 2. The predicted octanol–water partition coefficient (Wildman–Crippen LogP) is 1.79. The van der Waals surface area contributed by atoms with Crippen LogP contribution < -0.4 is 20.3 Å². The van der Waals surface area contributed by atoms with Gasteiger partial charge in [0.25, 0.3) is 5.56 Å². The van der Waals surface area contributed by atoms with Crippen LogP contribution in [0.15, 0.2) is 69.3 Å². The zero-order valence-corrected chi connectivity index (χ0v) is 17.4. The number of benzene rings is 2. The van der Waals surface area contributed by atoms with E-state index >= 15 is 0 Å². The van der Waals surface area contributed by atoms with Crippen molar-refractivity contribution in [1.82, 2.24) is 9.78 Å². The van der Waals surface area contributed by atoms with Gasteiger partial charge in [0, 0.05) is 17.8 Å². The van der Waals surface area contributed by atoms with Gasteiger partial charge >= 0.3 is 0 Å². The van der Waals surface area contributed by atoms with Gasteiger partial charge in [0.2, 0.25) is 15.7 Å². The molecule has 2 heterocycles. The lowest BCUT2D eigenvalue weighted by molar-refractivity contribution is -0.117. The lowest BCUT2D eigenvalue weighted by atomic mass is 10.2. The number of ether oxygens (including phenoxy) is 2. The molecule has 0 aliphatic carbocycles. The first kappa shape index (κ1) is 20.6. The van der Waals surface area contributed by atoms with E-state index in [0.29, 0.717) is 30.4 Å². The molecule has 2 aromatic carbocycles. The molecule has 0 atom stereocenters. The van der Waals surface area contributed by atoms with Crippen molar-refractivity contribution in [3.05, 3.63) is 70.5 Å². The van der Waals surface area contributed by atoms with Crippen molar-refractivity contribution < 1.29 is 22.7 Å². The molecule has 1 amide bonds. The number of nitrogens with one attached hydrogen (secondary N) is 1. The number of carbonyl (C=O) groups is 1. The van der Waals surface area contributed by atoms with Crippen LogP contribution in [0.3, 0.4) is 0 Å². The van der Waals surface area contributed by atoms with Crippen molar-refractivity contribution in [3.8, 4) is 11.5 Å². The van der Waals surface area contributed by atoms with Crippen molar-refractivity contribution >= 4 is 21.4 Å². The standard InChI is InChI=1S/C21H19N3O6S/c1-14-3-2-4-16(11-14)31(27,28)20-7-8-21(26)24(23-20)13-19(25)22-15-5-6-17-18(12-15)30-10-9-29-17/h2-8,11-12H,9-10,13H2,1H3,(H,22,25). The molecule has 0 spiro atoms. The minimum Gasteiger partial charge on any atom is -0.486 e. The first-order chi connectivity index (χ1) is 14.8. The van der Waals surface area contributed by atoms with Crippen LogP contribution in [0.25, 0.3) is 0 Å². The topological polar surface area (TPSA) is 117 Å². The van der Waals surface area contributed by atoms with Crippen molar-refractivity contribution in [2.75, 3.05) is 18.5 Å². The van der Waals surface area contributed by atoms with Crippen molar-refractivity contribution in [2.24, 2.45) is 0 Å². The third kappa shape index (κ3) is 4.43. The normalized spacial score (nSPS) is 12.9. The molecule has 9 nitrogen and oxygen atoms in total. The highest BCUT2D eigenvalue weighted by Crippen LogP contribution is 2.32. The molecule has 31 heavy (non-hydrogen) atoms. The van der Waals surface area contributed by atoms with Gasteiger partial charge in [-0.25, -0.2) is 13.1 Å². The van der Waals surface area contributed by atoms with Gasteiger partial charge in [0.05, 0.1) is 4.90 Å². The van der Waals surface area contributed by atoms with Gasteiger partial charge in [0.1, 0.15) is 19.8 Å². The molecule has 0 unspecified atom stereocenters. The molecule has 0 saturated heterocycles. The van der Waals surface area contributed by atoms with Crippen LogP contribution in [-0.4, -0.2) is 37.3 Å². The molecule has 4 rings (SSSR count). The first-order valence-electron chi connectivity index (χ1n) is 9.42. The Labute approximate surface area is 178 Å². The maximum absolute atomic E-state index is 12.9. The Morgan fingerprint density at radius 3 is 2.61 bits per heavy atom. The molecular weight excluding hydrogens is 422 g/mol. The van der Waals surface area contributed by atoms with E-state index in [4.69, 9.17) is 9.47 Å². The fourth-order valence-corrected chi connectivity index (χ4v) is 4.34. The molecule has 0 bridgehead atoms. The maximum atomic E-state index is 12.9. The number of sulfone groups is 1. The summed E-state index contributed by atoms with van der Waals surface area (Å²) in [5, 5.41) is 6.24. The van der Waals surface area contributed by atoms with Crippen molar-refractivity contribution in [2.45, 2.75) is 23.4 Å². The number of hydrogen-bond donors (Lipinski definition) is 1. The molecule has 1 aliphatic rings. The third-order valence-electron chi connectivity index (χ3n) is 4.54. The molecule has 10 heteroatoms. The molecular formula is C21H19N3O6S. The zero-order chi connectivity index (χ0) is 22.0. The number of rotatable bonds is 5. The Balaban J connectivity index is 1.55. The molecule has 160 valence electrons. The van der Waals surface area contributed by atoms with Crippen LogP contribution in [0.5, 0.6) is 11.5 Å². The summed E-state index contributed by atoms with van der Waals surface area (Å²) in [6, 6.07) is 13.5. The van der Waals surface area contributed by atoms with Crippen LogP contribution in [0.1, 0.15) is 5.56 Å². The average molecular weight is 441 g/mol. The van der Waals surface area contributed by atoms with Gasteiger partial charge < -0.3 is 14.8 Å². The second-order valence-electron chi connectivity index (χ2n) is 6.89. The van der Waals surface area contributed by atoms with E-state index in [1.54, 1.807) is 37.3 Å². The second-order valence-corrected chi connectivity index (χ2v) is 8.79. The van der Waals surface area contributed by atoms with E-state index in [0.717, 1.165) is 22.4 Å². The molecule has 1 N–H and O–H groups in total. The summed E-state index contributed by atoms with van der Waals surface area (Å²) in [6.45, 7) is 2.18. The summed E-state index contributed by atoms with van der Waals surface area (Å²) >= 11 is 0. The van der Waals surface area contributed by atoms with Crippen LogP contribution in [0.4, 0.5) is 5.69 Å². The Hall–Kier alpha value is -3.66. The SMILES string of the molecule is Cc1cccc(S(=O)(=O)c2ccc(=O)n(CC(=O)Nc3ccc4c(c3)OCCO4)n2)c1. The van der Waals surface area contributed by atoms with E-state index in [9.17, 15) is 18.0 Å². The maximum Gasteiger partial charge on any atom is 0.267 e. The Morgan fingerprint density at radius 1 is 1.06 bits per heavy atom. The lowest BCUT2D eigenvalue weighted by Crippen LogP contribution is -2.30. The van der Waals surface area contributed by atoms with Crippen LogP contribution in [0, 0.1) is 6.92 Å². The third-order valence-corrected chi connectivity index (χ3v) is 6.18. The van der Waals surface area contributed by atoms with E-state index in [1.165, 1.54) is 12.1 Å². The number of carbonyl (C=O) groups excluding carboxylic acids is 1. The van der Waals surface area contributed by atoms with Gasteiger partial charge in [-0.1, -0.05) is 12.1 Å². The highest BCUT2D eigenvalue weighted by molar-refractivity contribution is 7.91. The summed E-state index contributed by atoms with van der Waals surface area (Å²) in [5.41, 5.74) is 0.625. The number of hydrogen-bond acceptors (Lipinski definition) is 7. The predicted molar refractivity (Wildman–Crippen MR) is 111 cm³/mol. The summed E-state index contributed by atoms with van der Waals surface area (Å²) in [5.74, 6) is 0.540. The van der Waals surface area contributed by atoms with Crippen LogP contribution >= 0.6 is 0 Å². The molecule has 1 aromatic heterocycles. The molecule has 1 aliphatic heterocycles. The van der Waals surface area contributed by atoms with Crippen molar-refractivity contribution in [1.29, 1.82) is 0 Å². The van der Waals surface area contributed by atoms with Gasteiger partial charge in [-0.3, -0.25) is 9.59 Å². The highest BCUT2D eigenvalue weighted by Gasteiger charge is 2.21. The molecule has 0 radical (unpaired) electrons. The monoisotopic (exact) mass is 441 g/mol. The number of anilines is 1. The Kier molecular flexibility index (Phi) is 5.47. The largest absolute Gasteiger partial charge is 0.486 e. The quantitative estimate of drug-likeness (QED) is 0.642. The Bertz CT molecular complexity index is 1320. The van der Waals surface area contributed by atoms with Gasteiger partial charge in [-0.2, -0.15) is 5.10 Å². The van der Waals surface area contributed by atoms with Gasteiger partial charge in [-0.05, 0) is 42.8 Å². The average Bonchev–Trinajstić information content (AvgIpc) is 2.75. The summed E-state index contributed by atoms with van der Waals surface area (Å²) in [4.78, 5) is 24.7. The van der Waals surface area contributed by atoms with Crippen LogP contribution in [-0.2, 0) is 21.2 Å². The smallest absolute Gasteiger partial charge is 0.267 e. The number of aryl methyl sites for hydroxylation is 1. The summed E-state index contributed by atoms with van der Waals surface area (Å²) < 4.78 is 37.4. The molecule has 3 aromatic rings. The zero-order valence-electron chi connectivity index (χ0n) is 16.6. The number of fused-ring (bicyclic) bond motifs is 1. The molecule has 0 fully saturated rings. The van der Waals surface area contributed by atoms with E-state index in [-0.39, 0.29) is 9.92 Å².